The molecule has 0 spiro atoms. The number of esters is 1. The molecule has 1 aromatic carbocycles. The van der Waals surface area contributed by atoms with Crippen molar-refractivity contribution in [2.24, 2.45) is 0 Å². The molecule has 5 nitrogen and oxygen atoms in total. The number of methoxy groups -OCH3 is 1. The van der Waals surface area contributed by atoms with Gasteiger partial charge in [0.15, 0.2) is 11.6 Å². The van der Waals surface area contributed by atoms with E-state index in [1.54, 1.807) is 0 Å². The van der Waals surface area contributed by atoms with Gasteiger partial charge >= 0.3 is 5.97 Å². The zero-order valence-corrected chi connectivity index (χ0v) is 11.0. The van der Waals surface area contributed by atoms with Crippen molar-refractivity contribution in [2.45, 2.75) is 6.92 Å². The molecular weight excluding hydrogens is 289 g/mol. The highest BCUT2D eigenvalue weighted by molar-refractivity contribution is 5.87. The highest BCUT2D eigenvalue weighted by Gasteiger charge is 2.19. The van der Waals surface area contributed by atoms with Crippen LogP contribution in [0.5, 0.6) is 0 Å². The van der Waals surface area contributed by atoms with Crippen LogP contribution in [0.1, 0.15) is 16.1 Å². The number of rotatable bonds is 2. The van der Waals surface area contributed by atoms with Crippen LogP contribution in [0.2, 0.25) is 0 Å². The first-order valence-corrected chi connectivity index (χ1v) is 5.69. The summed E-state index contributed by atoms with van der Waals surface area (Å²) >= 11 is 0. The predicted octanol–water partition coefficient (Wildman–Crippen LogP) is 1.74. The van der Waals surface area contributed by atoms with E-state index in [0.29, 0.717) is 16.8 Å². The number of hydrogen-bond donors (Lipinski definition) is 0. The normalized spacial score (nSPS) is 10.5. The van der Waals surface area contributed by atoms with Crippen molar-refractivity contribution in [1.82, 2.24) is 9.78 Å². The number of carbonyl (C=O) groups is 1. The van der Waals surface area contributed by atoms with Crippen molar-refractivity contribution in [3.63, 3.8) is 0 Å². The number of halogens is 3. The minimum Gasteiger partial charge on any atom is -0.464 e. The lowest BCUT2D eigenvalue weighted by Gasteiger charge is -2.10. The maximum Gasteiger partial charge on any atom is 0.362 e. The Kier molecular flexibility index (Phi) is 3.79. The van der Waals surface area contributed by atoms with Crippen LogP contribution in [-0.2, 0) is 4.74 Å². The second-order valence-corrected chi connectivity index (χ2v) is 4.15. The molecule has 1 aromatic heterocycles. The van der Waals surface area contributed by atoms with Crippen molar-refractivity contribution in [3.8, 4) is 5.69 Å². The Labute approximate surface area is 116 Å². The maximum atomic E-state index is 13.7. The summed E-state index contributed by atoms with van der Waals surface area (Å²) < 4.78 is 45.2. The van der Waals surface area contributed by atoms with Gasteiger partial charge in [-0.05, 0) is 6.92 Å². The lowest BCUT2D eigenvalue weighted by atomic mass is 10.2. The minimum absolute atomic E-state index is 0.0365. The molecule has 0 aliphatic heterocycles. The first-order chi connectivity index (χ1) is 9.85. The summed E-state index contributed by atoms with van der Waals surface area (Å²) in [6.45, 7) is 1.35. The fourth-order valence-corrected chi connectivity index (χ4v) is 1.67. The van der Waals surface area contributed by atoms with E-state index in [9.17, 15) is 22.8 Å². The lowest BCUT2D eigenvalue weighted by molar-refractivity contribution is 0.0590. The third-order valence-corrected chi connectivity index (χ3v) is 2.70. The zero-order valence-electron chi connectivity index (χ0n) is 11.0. The van der Waals surface area contributed by atoms with Crippen molar-refractivity contribution in [1.29, 1.82) is 0 Å². The van der Waals surface area contributed by atoms with Crippen molar-refractivity contribution < 1.29 is 22.7 Å². The number of benzene rings is 1. The van der Waals surface area contributed by atoms with Gasteiger partial charge in [0.25, 0.3) is 0 Å². The van der Waals surface area contributed by atoms with E-state index >= 15 is 0 Å². The number of aryl methyl sites for hydroxylation is 1. The summed E-state index contributed by atoms with van der Waals surface area (Å²) in [6.07, 6.45) is 1.06. The van der Waals surface area contributed by atoms with Crippen LogP contribution >= 0.6 is 0 Å². The van der Waals surface area contributed by atoms with Crippen molar-refractivity contribution in [2.75, 3.05) is 7.11 Å². The number of nitrogens with zero attached hydrogens (tertiary/aromatic N) is 2. The van der Waals surface area contributed by atoms with E-state index in [1.165, 1.54) is 6.92 Å². The first kappa shape index (κ1) is 14.8. The van der Waals surface area contributed by atoms with Crippen LogP contribution in [-0.4, -0.2) is 22.9 Å². The maximum absolute atomic E-state index is 13.7. The van der Waals surface area contributed by atoms with Gasteiger partial charge in [-0.3, -0.25) is 4.79 Å². The lowest BCUT2D eigenvalue weighted by Crippen LogP contribution is -2.24. The Morgan fingerprint density at radius 3 is 2.57 bits per heavy atom. The van der Waals surface area contributed by atoms with Gasteiger partial charge in [0.2, 0.25) is 11.1 Å². The van der Waals surface area contributed by atoms with Crippen LogP contribution in [0.4, 0.5) is 13.2 Å². The molecule has 0 aliphatic carbocycles. The molecule has 0 aliphatic rings. The average molecular weight is 298 g/mol. The van der Waals surface area contributed by atoms with Gasteiger partial charge in [-0.25, -0.2) is 22.6 Å². The second kappa shape index (κ2) is 5.39. The fourth-order valence-electron chi connectivity index (χ4n) is 1.67. The molecule has 2 rings (SSSR count). The molecule has 0 N–H and O–H groups in total. The Morgan fingerprint density at radius 1 is 1.29 bits per heavy atom. The topological polar surface area (TPSA) is 61.2 Å². The highest BCUT2D eigenvalue weighted by atomic mass is 19.2. The van der Waals surface area contributed by atoms with Gasteiger partial charge < -0.3 is 4.74 Å². The molecular formula is C13H9F3N2O3. The van der Waals surface area contributed by atoms with Gasteiger partial charge in [0, 0.05) is 23.9 Å². The molecule has 0 amide bonds. The minimum atomic E-state index is -1.41. The molecule has 0 radical (unpaired) electrons. The van der Waals surface area contributed by atoms with Crippen LogP contribution in [0.25, 0.3) is 5.69 Å². The molecule has 0 saturated carbocycles. The van der Waals surface area contributed by atoms with E-state index in [4.69, 9.17) is 0 Å². The van der Waals surface area contributed by atoms with E-state index < -0.39 is 40.2 Å². The molecule has 110 valence electrons. The molecule has 0 bridgehead atoms. The largest absolute Gasteiger partial charge is 0.464 e. The molecule has 8 heteroatoms. The molecule has 1 heterocycles. The van der Waals surface area contributed by atoms with E-state index in [0.717, 1.165) is 13.3 Å². The van der Waals surface area contributed by atoms with Gasteiger partial charge in [0.05, 0.1) is 7.11 Å². The van der Waals surface area contributed by atoms with Gasteiger partial charge in [-0.1, -0.05) is 0 Å². The average Bonchev–Trinajstić information content (AvgIpc) is 2.44. The SMILES string of the molecule is COC(=O)c1nn(-c2cc(F)cc(F)c2F)cc(C)c1=O. The summed E-state index contributed by atoms with van der Waals surface area (Å²) in [6, 6.07) is 1.06. The third kappa shape index (κ3) is 2.64. The predicted molar refractivity (Wildman–Crippen MR) is 65.8 cm³/mol. The van der Waals surface area contributed by atoms with E-state index in [1.807, 2.05) is 0 Å². The smallest absolute Gasteiger partial charge is 0.362 e. The van der Waals surface area contributed by atoms with Crippen LogP contribution < -0.4 is 5.43 Å². The number of carbonyl (C=O) groups excluding carboxylic acids is 1. The molecule has 2 aromatic rings. The van der Waals surface area contributed by atoms with E-state index in [2.05, 4.69) is 9.84 Å². The van der Waals surface area contributed by atoms with Gasteiger partial charge in [-0.15, -0.1) is 0 Å². The monoisotopic (exact) mass is 298 g/mol. The third-order valence-electron chi connectivity index (χ3n) is 2.70. The quantitative estimate of drug-likeness (QED) is 0.626. The van der Waals surface area contributed by atoms with Gasteiger partial charge in [0.1, 0.15) is 11.5 Å². The summed E-state index contributed by atoms with van der Waals surface area (Å²) in [5.41, 5.74) is -1.85. The summed E-state index contributed by atoms with van der Waals surface area (Å²) in [5.74, 6) is -4.83. The summed E-state index contributed by atoms with van der Waals surface area (Å²) in [7, 11) is 1.04. The van der Waals surface area contributed by atoms with Gasteiger partial charge in [-0.2, -0.15) is 5.10 Å². The van der Waals surface area contributed by atoms with Crippen molar-refractivity contribution >= 4 is 5.97 Å². The first-order valence-electron chi connectivity index (χ1n) is 5.69. The highest BCUT2D eigenvalue weighted by Crippen LogP contribution is 2.17. The molecule has 0 saturated heterocycles. The Balaban J connectivity index is 2.74. The standard InChI is InChI=1S/C13H9F3N2O3/c1-6-5-18(17-11(12(6)19)13(20)21-2)9-4-7(14)3-8(15)10(9)16/h3-5H,1-2H3. The Bertz CT molecular complexity index is 787. The number of ether oxygens (including phenoxy) is 1. The zero-order chi connectivity index (χ0) is 15.7. The Hall–Kier alpha value is -2.64. The molecule has 21 heavy (non-hydrogen) atoms. The van der Waals surface area contributed by atoms with Crippen LogP contribution in [0.3, 0.4) is 0 Å². The van der Waals surface area contributed by atoms with Crippen LogP contribution in [0, 0.1) is 24.4 Å². The molecule has 0 fully saturated rings. The number of aromatic nitrogens is 2. The fraction of sp³-hybridized carbons (Fsp3) is 0.154. The van der Waals surface area contributed by atoms with Crippen LogP contribution in [0.15, 0.2) is 23.1 Å². The second-order valence-electron chi connectivity index (χ2n) is 4.15. The number of hydrogen-bond acceptors (Lipinski definition) is 4. The van der Waals surface area contributed by atoms with Crippen molar-refractivity contribution in [3.05, 3.63) is 57.3 Å². The summed E-state index contributed by atoms with van der Waals surface area (Å²) in [5, 5.41) is 3.57. The van der Waals surface area contributed by atoms with E-state index in [-0.39, 0.29) is 5.56 Å². The molecule has 0 atom stereocenters. The molecule has 0 unspecified atom stereocenters. The summed E-state index contributed by atoms with van der Waals surface area (Å²) in [4.78, 5) is 23.2. The Morgan fingerprint density at radius 2 is 1.95 bits per heavy atom.